The van der Waals surface area contributed by atoms with Gasteiger partial charge in [-0.25, -0.2) is 0 Å². The molecule has 0 spiro atoms. The highest BCUT2D eigenvalue weighted by Crippen LogP contribution is 2.25. The van der Waals surface area contributed by atoms with E-state index in [-0.39, 0.29) is 23.8 Å². The zero-order valence-electron chi connectivity index (χ0n) is 14.6. The number of hydrogen-bond donors (Lipinski definition) is 2. The van der Waals surface area contributed by atoms with E-state index in [2.05, 4.69) is 10.6 Å². The molecule has 6 nitrogen and oxygen atoms in total. The molecule has 2 aromatic rings. The molecule has 0 bridgehead atoms. The molecule has 2 amide bonds. The van der Waals surface area contributed by atoms with E-state index in [9.17, 15) is 14.4 Å². The number of halogens is 2. The molecule has 0 aliphatic rings. The van der Waals surface area contributed by atoms with Gasteiger partial charge in [-0.2, -0.15) is 0 Å². The molecule has 8 heteroatoms. The van der Waals surface area contributed by atoms with Crippen molar-refractivity contribution in [3.05, 3.63) is 58.1 Å². The van der Waals surface area contributed by atoms with Gasteiger partial charge in [0.05, 0.1) is 17.1 Å². The number of rotatable bonds is 7. The summed E-state index contributed by atoms with van der Waals surface area (Å²) in [5, 5.41) is 5.90. The SMILES string of the molecule is Cc1ccc(NC(=O)CCC(=O)OCC(=O)Nc2ccc(Cl)cc2Cl)cc1. The van der Waals surface area contributed by atoms with Crippen LogP contribution in [0.2, 0.25) is 10.0 Å². The van der Waals surface area contributed by atoms with E-state index in [0.717, 1.165) is 5.56 Å². The van der Waals surface area contributed by atoms with Crippen molar-refractivity contribution >= 4 is 52.4 Å². The maximum Gasteiger partial charge on any atom is 0.306 e. The Hall–Kier alpha value is -2.57. The Labute approximate surface area is 166 Å². The third kappa shape index (κ3) is 7.29. The molecular weight excluding hydrogens is 391 g/mol. The largest absolute Gasteiger partial charge is 0.456 e. The van der Waals surface area contributed by atoms with Crippen LogP contribution in [-0.2, 0) is 19.1 Å². The summed E-state index contributed by atoms with van der Waals surface area (Å²) in [6.07, 6.45) is -0.177. The van der Waals surface area contributed by atoms with Crippen molar-refractivity contribution in [1.29, 1.82) is 0 Å². The molecule has 0 atom stereocenters. The smallest absolute Gasteiger partial charge is 0.306 e. The topological polar surface area (TPSA) is 84.5 Å². The molecule has 0 saturated carbocycles. The fourth-order valence-corrected chi connectivity index (χ4v) is 2.53. The first kappa shape index (κ1) is 20.7. The Kier molecular flexibility index (Phi) is 7.64. The van der Waals surface area contributed by atoms with Gasteiger partial charge >= 0.3 is 5.97 Å². The normalized spacial score (nSPS) is 10.2. The van der Waals surface area contributed by atoms with Crippen molar-refractivity contribution < 1.29 is 19.1 Å². The minimum Gasteiger partial charge on any atom is -0.456 e. The standard InChI is InChI=1S/C19H18Cl2N2O4/c1-12-2-5-14(6-3-12)22-17(24)8-9-19(26)27-11-18(25)23-16-7-4-13(20)10-15(16)21/h2-7,10H,8-9,11H2,1H3,(H,22,24)(H,23,25). The van der Waals surface area contributed by atoms with Crippen molar-refractivity contribution in [2.24, 2.45) is 0 Å². The molecule has 0 unspecified atom stereocenters. The highest BCUT2D eigenvalue weighted by atomic mass is 35.5. The molecule has 0 aliphatic carbocycles. The van der Waals surface area contributed by atoms with Gasteiger partial charge in [0.15, 0.2) is 6.61 Å². The lowest BCUT2D eigenvalue weighted by atomic mass is 10.2. The summed E-state index contributed by atoms with van der Waals surface area (Å²) in [7, 11) is 0. The molecule has 27 heavy (non-hydrogen) atoms. The fraction of sp³-hybridized carbons (Fsp3) is 0.211. The Morgan fingerprint density at radius 1 is 0.926 bits per heavy atom. The van der Waals surface area contributed by atoms with Crippen molar-refractivity contribution in [1.82, 2.24) is 0 Å². The minimum absolute atomic E-state index is 0.0443. The number of carbonyl (C=O) groups is 3. The lowest BCUT2D eigenvalue weighted by Crippen LogP contribution is -2.22. The number of nitrogens with one attached hydrogen (secondary N) is 2. The Bertz CT molecular complexity index is 838. The highest BCUT2D eigenvalue weighted by Gasteiger charge is 2.12. The average Bonchev–Trinajstić information content (AvgIpc) is 2.62. The number of hydrogen-bond acceptors (Lipinski definition) is 4. The van der Waals surface area contributed by atoms with Gasteiger partial charge in [0.2, 0.25) is 5.91 Å². The first-order valence-electron chi connectivity index (χ1n) is 8.10. The second-order valence-electron chi connectivity index (χ2n) is 5.75. The average molecular weight is 409 g/mol. The monoisotopic (exact) mass is 408 g/mol. The maximum absolute atomic E-state index is 11.8. The van der Waals surface area contributed by atoms with E-state index in [1.54, 1.807) is 24.3 Å². The van der Waals surface area contributed by atoms with Crippen molar-refractivity contribution in [2.75, 3.05) is 17.2 Å². The van der Waals surface area contributed by atoms with Crippen LogP contribution in [0.3, 0.4) is 0 Å². The number of benzene rings is 2. The van der Waals surface area contributed by atoms with Gasteiger partial charge in [-0.1, -0.05) is 40.9 Å². The number of amides is 2. The van der Waals surface area contributed by atoms with Gasteiger partial charge < -0.3 is 15.4 Å². The molecule has 0 aliphatic heterocycles. The third-order valence-corrected chi connectivity index (χ3v) is 4.01. The van der Waals surface area contributed by atoms with Gasteiger partial charge in [-0.3, -0.25) is 14.4 Å². The molecule has 2 rings (SSSR count). The van der Waals surface area contributed by atoms with Crippen LogP contribution >= 0.6 is 23.2 Å². The van der Waals surface area contributed by atoms with Crippen LogP contribution in [0, 0.1) is 6.92 Å². The van der Waals surface area contributed by atoms with Crippen LogP contribution < -0.4 is 10.6 Å². The molecular formula is C19H18Cl2N2O4. The van der Waals surface area contributed by atoms with Gasteiger partial charge in [0, 0.05) is 17.1 Å². The predicted octanol–water partition coefficient (Wildman–Crippen LogP) is 4.20. The molecule has 0 aromatic heterocycles. The summed E-state index contributed by atoms with van der Waals surface area (Å²) in [6, 6.07) is 11.9. The number of anilines is 2. The van der Waals surface area contributed by atoms with Crippen LogP contribution in [0.1, 0.15) is 18.4 Å². The first-order chi connectivity index (χ1) is 12.8. The Morgan fingerprint density at radius 2 is 1.63 bits per heavy atom. The van der Waals surface area contributed by atoms with Crippen LogP contribution in [-0.4, -0.2) is 24.4 Å². The zero-order chi connectivity index (χ0) is 19.8. The third-order valence-electron chi connectivity index (χ3n) is 3.46. The van der Waals surface area contributed by atoms with Crippen LogP contribution in [0.15, 0.2) is 42.5 Å². The summed E-state index contributed by atoms with van der Waals surface area (Å²) in [4.78, 5) is 35.3. The summed E-state index contributed by atoms with van der Waals surface area (Å²) in [5.41, 5.74) is 2.09. The second kappa shape index (κ2) is 9.94. The van der Waals surface area contributed by atoms with E-state index < -0.39 is 18.5 Å². The lowest BCUT2D eigenvalue weighted by molar-refractivity contribution is -0.147. The zero-order valence-corrected chi connectivity index (χ0v) is 16.1. The van der Waals surface area contributed by atoms with Crippen LogP contribution in [0.5, 0.6) is 0 Å². The van der Waals surface area contributed by atoms with E-state index >= 15 is 0 Å². The van der Waals surface area contributed by atoms with Gasteiger partial charge in [0.25, 0.3) is 5.91 Å². The summed E-state index contributed by atoms with van der Waals surface area (Å²) < 4.78 is 4.86. The molecule has 2 aromatic carbocycles. The van der Waals surface area contributed by atoms with E-state index in [1.807, 2.05) is 19.1 Å². The maximum atomic E-state index is 11.8. The summed E-state index contributed by atoms with van der Waals surface area (Å²) >= 11 is 11.7. The van der Waals surface area contributed by atoms with E-state index in [4.69, 9.17) is 27.9 Å². The molecule has 0 fully saturated rings. The predicted molar refractivity (Wildman–Crippen MR) is 105 cm³/mol. The Morgan fingerprint density at radius 3 is 2.30 bits per heavy atom. The quantitative estimate of drug-likeness (QED) is 0.672. The van der Waals surface area contributed by atoms with Gasteiger partial charge in [0.1, 0.15) is 0 Å². The number of carbonyl (C=O) groups excluding carboxylic acids is 3. The molecule has 0 saturated heterocycles. The number of aryl methyl sites for hydroxylation is 1. The minimum atomic E-state index is -0.647. The molecule has 0 heterocycles. The van der Waals surface area contributed by atoms with E-state index in [1.165, 1.54) is 6.07 Å². The number of ether oxygens (including phenoxy) is 1. The molecule has 2 N–H and O–H groups in total. The van der Waals surface area contributed by atoms with Crippen LogP contribution in [0.25, 0.3) is 0 Å². The lowest BCUT2D eigenvalue weighted by Gasteiger charge is -2.08. The van der Waals surface area contributed by atoms with Gasteiger partial charge in [-0.15, -0.1) is 0 Å². The number of esters is 1. The fourth-order valence-electron chi connectivity index (χ4n) is 2.07. The van der Waals surface area contributed by atoms with E-state index in [0.29, 0.717) is 16.4 Å². The second-order valence-corrected chi connectivity index (χ2v) is 6.59. The highest BCUT2D eigenvalue weighted by molar-refractivity contribution is 6.36. The summed E-state index contributed by atoms with van der Waals surface area (Å²) in [5.74, 6) is -1.50. The molecule has 0 radical (unpaired) electrons. The molecule has 142 valence electrons. The summed E-state index contributed by atoms with van der Waals surface area (Å²) in [6.45, 7) is 1.47. The van der Waals surface area contributed by atoms with Crippen molar-refractivity contribution in [3.8, 4) is 0 Å². The van der Waals surface area contributed by atoms with Gasteiger partial charge in [-0.05, 0) is 37.3 Å². The van der Waals surface area contributed by atoms with Crippen molar-refractivity contribution in [2.45, 2.75) is 19.8 Å². The first-order valence-corrected chi connectivity index (χ1v) is 8.86. The van der Waals surface area contributed by atoms with Crippen molar-refractivity contribution in [3.63, 3.8) is 0 Å². The Balaban J connectivity index is 1.69. The van der Waals surface area contributed by atoms with Crippen LogP contribution in [0.4, 0.5) is 11.4 Å².